The van der Waals surface area contributed by atoms with Crippen LogP contribution in [0.4, 0.5) is 5.69 Å². The Balaban J connectivity index is 0.000000791. The van der Waals surface area contributed by atoms with Crippen LogP contribution in [0.3, 0.4) is 0 Å². The summed E-state index contributed by atoms with van der Waals surface area (Å²) in [5.74, 6) is -0.329. The molecular formula is C11H17NO2. The average molecular weight is 195 g/mol. The van der Waals surface area contributed by atoms with Gasteiger partial charge in [-0.2, -0.15) is 0 Å². The van der Waals surface area contributed by atoms with Gasteiger partial charge >= 0.3 is 5.97 Å². The molecule has 0 saturated carbocycles. The molecule has 0 amide bonds. The van der Waals surface area contributed by atoms with Gasteiger partial charge in [0, 0.05) is 5.69 Å². The first-order valence-electron chi connectivity index (χ1n) is 4.76. The van der Waals surface area contributed by atoms with E-state index in [1.54, 1.807) is 31.2 Å². The first kappa shape index (κ1) is 12.5. The maximum Gasteiger partial charge on any atom is 0.338 e. The number of carbonyl (C=O) groups is 1. The predicted octanol–water partition coefficient (Wildman–Crippen LogP) is 2.47. The fourth-order valence-electron chi connectivity index (χ4n) is 0.880. The van der Waals surface area contributed by atoms with Gasteiger partial charge in [-0.15, -0.1) is 0 Å². The zero-order valence-corrected chi connectivity index (χ0v) is 8.91. The Labute approximate surface area is 84.9 Å². The summed E-state index contributed by atoms with van der Waals surface area (Å²) in [5.41, 5.74) is 6.55. The van der Waals surface area contributed by atoms with E-state index in [9.17, 15) is 4.79 Å². The van der Waals surface area contributed by atoms with Crippen molar-refractivity contribution in [1.29, 1.82) is 0 Å². The minimum absolute atomic E-state index is 0.329. The van der Waals surface area contributed by atoms with Gasteiger partial charge in [-0.05, 0) is 25.1 Å². The van der Waals surface area contributed by atoms with Crippen molar-refractivity contribution in [3.05, 3.63) is 29.8 Å². The lowest BCUT2D eigenvalue weighted by molar-refractivity contribution is 0.0526. The summed E-state index contributed by atoms with van der Waals surface area (Å²) < 4.78 is 4.79. The molecule has 0 atom stereocenters. The van der Waals surface area contributed by atoms with Gasteiger partial charge in [-0.3, -0.25) is 0 Å². The van der Waals surface area contributed by atoms with Crippen LogP contribution in [0.5, 0.6) is 0 Å². The second-order valence-corrected chi connectivity index (χ2v) is 2.35. The lowest BCUT2D eigenvalue weighted by Gasteiger charge is -2.01. The zero-order valence-electron chi connectivity index (χ0n) is 8.91. The van der Waals surface area contributed by atoms with E-state index in [2.05, 4.69) is 0 Å². The van der Waals surface area contributed by atoms with Crippen LogP contribution in [0.15, 0.2) is 24.3 Å². The molecule has 0 radical (unpaired) electrons. The number of hydrogen-bond acceptors (Lipinski definition) is 3. The molecule has 0 bridgehead atoms. The molecule has 0 aliphatic carbocycles. The second-order valence-electron chi connectivity index (χ2n) is 2.35. The monoisotopic (exact) mass is 195 g/mol. The highest BCUT2D eigenvalue weighted by Gasteiger charge is 2.04. The molecule has 1 aromatic rings. The molecule has 0 saturated heterocycles. The molecule has 0 aliphatic rings. The van der Waals surface area contributed by atoms with Crippen LogP contribution in [-0.2, 0) is 4.74 Å². The van der Waals surface area contributed by atoms with Crippen molar-refractivity contribution in [3.63, 3.8) is 0 Å². The van der Waals surface area contributed by atoms with Crippen molar-refractivity contribution < 1.29 is 9.53 Å². The van der Waals surface area contributed by atoms with Crippen LogP contribution in [0.1, 0.15) is 31.1 Å². The van der Waals surface area contributed by atoms with Gasteiger partial charge in [0.1, 0.15) is 0 Å². The number of nitrogen functional groups attached to an aromatic ring is 1. The summed E-state index contributed by atoms with van der Waals surface area (Å²) in [6.07, 6.45) is 0. The summed E-state index contributed by atoms with van der Waals surface area (Å²) in [6.45, 7) is 6.15. The molecule has 3 nitrogen and oxygen atoms in total. The minimum Gasteiger partial charge on any atom is -0.462 e. The molecule has 2 N–H and O–H groups in total. The van der Waals surface area contributed by atoms with E-state index in [-0.39, 0.29) is 5.97 Å². The summed E-state index contributed by atoms with van der Waals surface area (Å²) in [5, 5.41) is 0. The third-order valence-electron chi connectivity index (χ3n) is 1.40. The number of nitrogens with two attached hydrogens (primary N) is 1. The Morgan fingerprint density at radius 3 is 2.57 bits per heavy atom. The first-order valence-corrected chi connectivity index (χ1v) is 4.76. The summed E-state index contributed by atoms with van der Waals surface area (Å²) in [7, 11) is 0. The van der Waals surface area contributed by atoms with Crippen molar-refractivity contribution in [1.82, 2.24) is 0 Å². The number of benzene rings is 1. The molecular weight excluding hydrogens is 178 g/mol. The van der Waals surface area contributed by atoms with Gasteiger partial charge in [0.2, 0.25) is 0 Å². The van der Waals surface area contributed by atoms with E-state index >= 15 is 0 Å². The van der Waals surface area contributed by atoms with Crippen LogP contribution in [0, 0.1) is 0 Å². The quantitative estimate of drug-likeness (QED) is 0.582. The molecule has 0 unspecified atom stereocenters. The molecule has 0 spiro atoms. The highest BCUT2D eigenvalue weighted by Crippen LogP contribution is 2.07. The number of hydrogen-bond donors (Lipinski definition) is 1. The van der Waals surface area contributed by atoms with E-state index in [1.807, 2.05) is 13.8 Å². The number of ether oxygens (including phenoxy) is 1. The Kier molecular flexibility index (Phi) is 6.20. The predicted molar refractivity (Wildman–Crippen MR) is 58.2 cm³/mol. The summed E-state index contributed by atoms with van der Waals surface area (Å²) in [4.78, 5) is 11.1. The number of rotatable bonds is 2. The van der Waals surface area contributed by atoms with Gasteiger partial charge in [0.15, 0.2) is 0 Å². The Morgan fingerprint density at radius 2 is 2.07 bits per heavy atom. The zero-order chi connectivity index (χ0) is 11.0. The lowest BCUT2D eigenvalue weighted by atomic mass is 10.2. The third kappa shape index (κ3) is 3.94. The summed E-state index contributed by atoms with van der Waals surface area (Å²) in [6, 6.07) is 6.72. The number of esters is 1. The SMILES string of the molecule is CC.CCOC(=O)c1cccc(N)c1. The highest BCUT2D eigenvalue weighted by molar-refractivity contribution is 5.90. The highest BCUT2D eigenvalue weighted by atomic mass is 16.5. The molecule has 1 rings (SSSR count). The van der Waals surface area contributed by atoms with E-state index in [4.69, 9.17) is 10.5 Å². The van der Waals surface area contributed by atoms with Gasteiger partial charge < -0.3 is 10.5 Å². The van der Waals surface area contributed by atoms with Crippen LogP contribution in [0.2, 0.25) is 0 Å². The molecule has 78 valence electrons. The Hall–Kier alpha value is -1.51. The molecule has 0 aromatic heterocycles. The smallest absolute Gasteiger partial charge is 0.338 e. The van der Waals surface area contributed by atoms with Crippen molar-refractivity contribution in [2.45, 2.75) is 20.8 Å². The molecule has 3 heteroatoms. The number of anilines is 1. The maximum atomic E-state index is 11.1. The van der Waals surface area contributed by atoms with Gasteiger partial charge in [-0.25, -0.2) is 4.79 Å². The average Bonchev–Trinajstić information content (AvgIpc) is 2.21. The van der Waals surface area contributed by atoms with E-state index in [0.29, 0.717) is 17.9 Å². The largest absolute Gasteiger partial charge is 0.462 e. The van der Waals surface area contributed by atoms with Crippen molar-refractivity contribution in [2.75, 3.05) is 12.3 Å². The minimum atomic E-state index is -0.329. The van der Waals surface area contributed by atoms with Gasteiger partial charge in [0.25, 0.3) is 0 Å². The second kappa shape index (κ2) is 6.95. The first-order chi connectivity index (χ1) is 6.74. The maximum absolute atomic E-state index is 11.1. The fourth-order valence-corrected chi connectivity index (χ4v) is 0.880. The van der Waals surface area contributed by atoms with Crippen molar-refractivity contribution >= 4 is 11.7 Å². The number of carbonyl (C=O) groups excluding carboxylic acids is 1. The molecule has 0 heterocycles. The Morgan fingerprint density at radius 1 is 1.43 bits per heavy atom. The van der Waals surface area contributed by atoms with Crippen LogP contribution in [-0.4, -0.2) is 12.6 Å². The topological polar surface area (TPSA) is 52.3 Å². The summed E-state index contributed by atoms with van der Waals surface area (Å²) >= 11 is 0. The van der Waals surface area contributed by atoms with E-state index in [1.165, 1.54) is 0 Å². The van der Waals surface area contributed by atoms with Gasteiger partial charge in [0.05, 0.1) is 12.2 Å². The molecule has 0 fully saturated rings. The molecule has 1 aromatic carbocycles. The van der Waals surface area contributed by atoms with E-state index in [0.717, 1.165) is 0 Å². The van der Waals surface area contributed by atoms with Crippen molar-refractivity contribution in [2.24, 2.45) is 0 Å². The lowest BCUT2D eigenvalue weighted by Crippen LogP contribution is -2.04. The van der Waals surface area contributed by atoms with Gasteiger partial charge in [-0.1, -0.05) is 19.9 Å². The van der Waals surface area contributed by atoms with Crippen LogP contribution in [0.25, 0.3) is 0 Å². The molecule has 0 aliphatic heterocycles. The van der Waals surface area contributed by atoms with Crippen LogP contribution < -0.4 is 5.73 Å². The van der Waals surface area contributed by atoms with Crippen molar-refractivity contribution in [3.8, 4) is 0 Å². The van der Waals surface area contributed by atoms with E-state index < -0.39 is 0 Å². The molecule has 14 heavy (non-hydrogen) atoms. The fraction of sp³-hybridized carbons (Fsp3) is 0.364. The standard InChI is InChI=1S/C9H11NO2.C2H6/c1-2-12-9(11)7-4-3-5-8(10)6-7;1-2/h3-6H,2,10H2,1H3;1-2H3. The van der Waals surface area contributed by atoms with Crippen LogP contribution >= 0.6 is 0 Å². The third-order valence-corrected chi connectivity index (χ3v) is 1.40. The Bertz CT molecular complexity index is 284. The normalized spacial score (nSPS) is 8.50.